The highest BCUT2D eigenvalue weighted by molar-refractivity contribution is 8.00. The second kappa shape index (κ2) is 8.36. The van der Waals surface area contributed by atoms with Gasteiger partial charge in [0.15, 0.2) is 10.9 Å². The van der Waals surface area contributed by atoms with Gasteiger partial charge in [0, 0.05) is 18.4 Å². The van der Waals surface area contributed by atoms with Crippen molar-refractivity contribution in [3.63, 3.8) is 0 Å². The maximum atomic E-state index is 13.0. The molecule has 0 saturated carbocycles. The second-order valence-corrected chi connectivity index (χ2v) is 7.76. The molecule has 0 fully saturated rings. The van der Waals surface area contributed by atoms with Crippen molar-refractivity contribution in [1.29, 1.82) is 0 Å². The van der Waals surface area contributed by atoms with Gasteiger partial charge in [-0.15, -0.1) is 10.2 Å². The Labute approximate surface area is 173 Å². The summed E-state index contributed by atoms with van der Waals surface area (Å²) in [6, 6.07) is 23.0. The predicted octanol–water partition coefficient (Wildman–Crippen LogP) is 4.67. The van der Waals surface area contributed by atoms with Crippen molar-refractivity contribution in [2.45, 2.75) is 17.3 Å². The molecule has 0 spiro atoms. The van der Waals surface area contributed by atoms with E-state index >= 15 is 0 Å². The maximum absolute atomic E-state index is 13.0. The lowest BCUT2D eigenvalue weighted by Crippen LogP contribution is -2.33. The average Bonchev–Trinajstić information content (AvgIpc) is 3.43. The Balaban J connectivity index is 1.64. The third-order valence-corrected chi connectivity index (χ3v) is 5.52. The molecule has 0 aliphatic carbocycles. The Kier molecular flexibility index (Phi) is 5.48. The van der Waals surface area contributed by atoms with E-state index < -0.39 is 0 Å². The van der Waals surface area contributed by atoms with Crippen LogP contribution in [-0.2, 0) is 4.79 Å². The van der Waals surface area contributed by atoms with Crippen LogP contribution >= 0.6 is 11.8 Å². The monoisotopic (exact) mass is 404 g/mol. The van der Waals surface area contributed by atoms with Gasteiger partial charge in [-0.2, -0.15) is 0 Å². The van der Waals surface area contributed by atoms with Gasteiger partial charge in [0.1, 0.15) is 0 Å². The minimum atomic E-state index is -0.351. The predicted molar refractivity (Wildman–Crippen MR) is 114 cm³/mol. The van der Waals surface area contributed by atoms with E-state index in [1.54, 1.807) is 18.2 Å². The standard InChI is InChI=1S/C22H20N4O2S/c1-16(21(27)25(2)17-10-5-3-6-11-17)29-22-24-23-20(19-14-9-15-28-19)26(22)18-12-7-4-8-13-18/h3-16H,1-2H3/t16-/m0/s1. The molecule has 29 heavy (non-hydrogen) atoms. The van der Waals surface area contributed by atoms with Crippen molar-refractivity contribution in [1.82, 2.24) is 14.8 Å². The van der Waals surface area contributed by atoms with Gasteiger partial charge in [0.05, 0.1) is 11.5 Å². The van der Waals surface area contributed by atoms with Gasteiger partial charge in [-0.25, -0.2) is 0 Å². The van der Waals surface area contributed by atoms with Gasteiger partial charge in [-0.05, 0) is 43.3 Å². The van der Waals surface area contributed by atoms with E-state index in [4.69, 9.17) is 4.42 Å². The highest BCUT2D eigenvalue weighted by atomic mass is 32.2. The van der Waals surface area contributed by atoms with Crippen molar-refractivity contribution >= 4 is 23.4 Å². The zero-order chi connectivity index (χ0) is 20.2. The van der Waals surface area contributed by atoms with Crippen molar-refractivity contribution in [3.8, 4) is 17.3 Å². The minimum Gasteiger partial charge on any atom is -0.461 e. The number of benzene rings is 2. The topological polar surface area (TPSA) is 64.2 Å². The number of amides is 1. The van der Waals surface area contributed by atoms with Crippen molar-refractivity contribution in [2.75, 3.05) is 11.9 Å². The second-order valence-electron chi connectivity index (χ2n) is 6.45. The molecule has 146 valence electrons. The Morgan fingerprint density at radius 3 is 2.34 bits per heavy atom. The van der Waals surface area contributed by atoms with Crippen LogP contribution < -0.4 is 4.90 Å². The number of rotatable bonds is 6. The summed E-state index contributed by atoms with van der Waals surface area (Å²) in [6.07, 6.45) is 1.60. The summed E-state index contributed by atoms with van der Waals surface area (Å²) in [6.45, 7) is 1.88. The molecule has 0 unspecified atom stereocenters. The van der Waals surface area contributed by atoms with Gasteiger partial charge in [0.2, 0.25) is 11.7 Å². The number of furan rings is 1. The summed E-state index contributed by atoms with van der Waals surface area (Å²) in [4.78, 5) is 14.6. The first kappa shape index (κ1) is 19.0. The van der Waals surface area contributed by atoms with Crippen LogP contribution in [-0.4, -0.2) is 33.0 Å². The fourth-order valence-corrected chi connectivity index (χ4v) is 3.94. The highest BCUT2D eigenvalue weighted by Gasteiger charge is 2.25. The van der Waals surface area contributed by atoms with E-state index in [9.17, 15) is 4.79 Å². The molecule has 0 saturated heterocycles. The SMILES string of the molecule is C[C@H](Sc1nnc(-c2ccco2)n1-c1ccccc1)C(=O)N(C)c1ccccc1. The first-order valence-corrected chi connectivity index (χ1v) is 10.1. The summed E-state index contributed by atoms with van der Waals surface area (Å²) in [7, 11) is 1.78. The van der Waals surface area contributed by atoms with E-state index in [0.29, 0.717) is 16.7 Å². The molecule has 4 rings (SSSR count). The Bertz CT molecular complexity index is 1080. The molecule has 0 radical (unpaired) electrons. The number of hydrogen-bond donors (Lipinski definition) is 0. The first-order chi connectivity index (χ1) is 14.1. The molecule has 0 bridgehead atoms. The number of anilines is 1. The highest BCUT2D eigenvalue weighted by Crippen LogP contribution is 2.31. The summed E-state index contributed by atoms with van der Waals surface area (Å²) < 4.78 is 7.45. The fourth-order valence-electron chi connectivity index (χ4n) is 2.98. The summed E-state index contributed by atoms with van der Waals surface area (Å²) in [5, 5.41) is 8.95. The van der Waals surface area contributed by atoms with Crippen LogP contribution in [0.5, 0.6) is 0 Å². The molecule has 1 amide bonds. The minimum absolute atomic E-state index is 0.0108. The van der Waals surface area contributed by atoms with Crippen molar-refractivity contribution < 1.29 is 9.21 Å². The van der Waals surface area contributed by atoms with E-state index in [-0.39, 0.29) is 11.2 Å². The van der Waals surface area contributed by atoms with Crippen LogP contribution in [0.2, 0.25) is 0 Å². The van der Waals surface area contributed by atoms with Crippen LogP contribution in [0.1, 0.15) is 6.92 Å². The van der Waals surface area contributed by atoms with Gasteiger partial charge < -0.3 is 9.32 Å². The molecular weight excluding hydrogens is 384 g/mol. The number of hydrogen-bond acceptors (Lipinski definition) is 5. The smallest absolute Gasteiger partial charge is 0.240 e. The largest absolute Gasteiger partial charge is 0.461 e. The Morgan fingerprint density at radius 2 is 1.69 bits per heavy atom. The normalized spacial score (nSPS) is 11.9. The molecule has 0 aliphatic heterocycles. The molecule has 0 N–H and O–H groups in total. The third-order valence-electron chi connectivity index (χ3n) is 4.49. The number of para-hydroxylation sites is 2. The van der Waals surface area contributed by atoms with E-state index in [0.717, 1.165) is 11.4 Å². The average molecular weight is 404 g/mol. The van der Waals surface area contributed by atoms with Gasteiger partial charge >= 0.3 is 0 Å². The lowest BCUT2D eigenvalue weighted by atomic mass is 10.3. The molecular formula is C22H20N4O2S. The number of aromatic nitrogens is 3. The lowest BCUT2D eigenvalue weighted by molar-refractivity contribution is -0.117. The first-order valence-electron chi connectivity index (χ1n) is 9.19. The van der Waals surface area contributed by atoms with Crippen molar-refractivity contribution in [2.24, 2.45) is 0 Å². The molecule has 2 heterocycles. The van der Waals surface area contributed by atoms with E-state index in [1.165, 1.54) is 11.8 Å². The number of nitrogens with zero attached hydrogens (tertiary/aromatic N) is 4. The van der Waals surface area contributed by atoms with Gasteiger partial charge in [-0.1, -0.05) is 48.2 Å². The maximum Gasteiger partial charge on any atom is 0.240 e. The Morgan fingerprint density at radius 1 is 1.00 bits per heavy atom. The molecule has 2 aromatic carbocycles. The fraction of sp³-hybridized carbons (Fsp3) is 0.136. The quantitative estimate of drug-likeness (QED) is 0.437. The van der Waals surface area contributed by atoms with Gasteiger partial charge in [-0.3, -0.25) is 9.36 Å². The van der Waals surface area contributed by atoms with Crippen LogP contribution in [0.3, 0.4) is 0 Å². The van der Waals surface area contributed by atoms with E-state index in [1.807, 2.05) is 84.3 Å². The van der Waals surface area contributed by atoms with Crippen LogP contribution in [0.4, 0.5) is 5.69 Å². The summed E-state index contributed by atoms with van der Waals surface area (Å²) in [5.74, 6) is 1.21. The van der Waals surface area contributed by atoms with Crippen LogP contribution in [0.15, 0.2) is 88.6 Å². The van der Waals surface area contributed by atoms with Gasteiger partial charge in [0.25, 0.3) is 0 Å². The summed E-state index contributed by atoms with van der Waals surface area (Å²) in [5.41, 5.74) is 1.76. The number of carbonyl (C=O) groups is 1. The number of thioether (sulfide) groups is 1. The molecule has 2 aromatic heterocycles. The van der Waals surface area contributed by atoms with Crippen LogP contribution in [0.25, 0.3) is 17.3 Å². The number of carbonyl (C=O) groups excluding carboxylic acids is 1. The molecule has 0 aliphatic rings. The molecule has 7 heteroatoms. The third kappa shape index (κ3) is 3.95. The van der Waals surface area contributed by atoms with Crippen LogP contribution in [0, 0.1) is 0 Å². The molecule has 6 nitrogen and oxygen atoms in total. The molecule has 4 aromatic rings. The van der Waals surface area contributed by atoms with E-state index in [2.05, 4.69) is 10.2 Å². The molecule has 1 atom stereocenters. The lowest BCUT2D eigenvalue weighted by Gasteiger charge is -2.21. The zero-order valence-electron chi connectivity index (χ0n) is 16.1. The summed E-state index contributed by atoms with van der Waals surface area (Å²) >= 11 is 1.37. The Hall–Kier alpha value is -3.32. The van der Waals surface area contributed by atoms with Crippen molar-refractivity contribution in [3.05, 3.63) is 79.1 Å². The zero-order valence-corrected chi connectivity index (χ0v) is 16.9.